The van der Waals surface area contributed by atoms with E-state index in [1.54, 1.807) is 0 Å². The molecular weight excluding hydrogens is 200 g/mol. The third-order valence-electron chi connectivity index (χ3n) is 3.74. The monoisotopic (exact) mass is 222 g/mol. The molecule has 1 rings (SSSR count). The van der Waals surface area contributed by atoms with E-state index in [0.717, 1.165) is 12.8 Å². The van der Waals surface area contributed by atoms with Gasteiger partial charge in [-0.2, -0.15) is 0 Å². The van der Waals surface area contributed by atoms with E-state index in [1.165, 1.54) is 23.8 Å². The van der Waals surface area contributed by atoms with Crippen LogP contribution >= 0.6 is 0 Å². The van der Waals surface area contributed by atoms with Crippen LogP contribution in [0.2, 0.25) is 0 Å². The number of carbonyl (C=O) groups excluding carboxylic acids is 1. The Bertz CT molecular complexity index is 326. The van der Waals surface area contributed by atoms with Gasteiger partial charge in [-0.05, 0) is 45.4 Å². The van der Waals surface area contributed by atoms with Crippen LogP contribution in [0.3, 0.4) is 0 Å². The number of allylic oxidation sites excluding steroid dienone is 3. The van der Waals surface area contributed by atoms with Crippen molar-refractivity contribution in [2.24, 2.45) is 11.8 Å². The molecule has 2 heteroatoms. The molecule has 0 spiro atoms. The zero-order valence-electron chi connectivity index (χ0n) is 10.8. The number of rotatable bonds is 3. The van der Waals surface area contributed by atoms with Crippen LogP contribution in [0.1, 0.15) is 40.0 Å². The van der Waals surface area contributed by atoms with Gasteiger partial charge in [0.2, 0.25) is 0 Å². The number of esters is 1. The van der Waals surface area contributed by atoms with Gasteiger partial charge in [0.1, 0.15) is 0 Å². The van der Waals surface area contributed by atoms with Crippen molar-refractivity contribution in [1.82, 2.24) is 0 Å². The van der Waals surface area contributed by atoms with E-state index < -0.39 is 0 Å². The van der Waals surface area contributed by atoms with Gasteiger partial charge in [0, 0.05) is 0 Å². The second-order valence-electron chi connectivity index (χ2n) is 4.92. The first-order valence-corrected chi connectivity index (χ1v) is 5.84. The van der Waals surface area contributed by atoms with Crippen LogP contribution in [-0.2, 0) is 9.53 Å². The van der Waals surface area contributed by atoms with Gasteiger partial charge in [-0.1, -0.05) is 23.3 Å². The van der Waals surface area contributed by atoms with Crippen LogP contribution in [0.5, 0.6) is 0 Å². The van der Waals surface area contributed by atoms with Gasteiger partial charge in [-0.3, -0.25) is 4.79 Å². The molecule has 0 aliphatic heterocycles. The van der Waals surface area contributed by atoms with Gasteiger partial charge in [-0.15, -0.1) is 0 Å². The summed E-state index contributed by atoms with van der Waals surface area (Å²) >= 11 is 0. The van der Waals surface area contributed by atoms with E-state index in [2.05, 4.69) is 27.4 Å². The molecule has 16 heavy (non-hydrogen) atoms. The standard InChI is InChI=1S/C14H22O2/c1-9(2)12-6-10(3)11(4)13(7-12)8-14(15)16-5/h12-13H,1,6-8H2,2-5H3/t12-,13?/m1/s1. The Morgan fingerprint density at radius 2 is 2.12 bits per heavy atom. The molecule has 0 saturated carbocycles. The average Bonchev–Trinajstić information content (AvgIpc) is 2.23. The number of carbonyl (C=O) groups is 1. The highest BCUT2D eigenvalue weighted by Crippen LogP contribution is 2.38. The number of hydrogen-bond donors (Lipinski definition) is 0. The molecule has 2 nitrogen and oxygen atoms in total. The largest absolute Gasteiger partial charge is 0.469 e. The summed E-state index contributed by atoms with van der Waals surface area (Å²) in [5, 5.41) is 0. The van der Waals surface area contributed by atoms with Crippen molar-refractivity contribution in [3.8, 4) is 0 Å². The van der Waals surface area contributed by atoms with Crippen LogP contribution in [0, 0.1) is 11.8 Å². The SMILES string of the molecule is C=C(C)[C@@H]1CC(C)=C(C)C(CC(=O)OC)C1. The summed E-state index contributed by atoms with van der Waals surface area (Å²) in [6.07, 6.45) is 2.63. The van der Waals surface area contributed by atoms with E-state index in [4.69, 9.17) is 4.74 Å². The van der Waals surface area contributed by atoms with Crippen LogP contribution in [0.15, 0.2) is 23.3 Å². The minimum Gasteiger partial charge on any atom is -0.469 e. The summed E-state index contributed by atoms with van der Waals surface area (Å²) in [5.41, 5.74) is 4.00. The Hall–Kier alpha value is -1.05. The first-order valence-electron chi connectivity index (χ1n) is 5.84. The minimum absolute atomic E-state index is 0.112. The summed E-state index contributed by atoms with van der Waals surface area (Å²) in [5.74, 6) is 0.751. The third-order valence-corrected chi connectivity index (χ3v) is 3.74. The van der Waals surface area contributed by atoms with Gasteiger partial charge in [0.05, 0.1) is 13.5 Å². The van der Waals surface area contributed by atoms with Crippen molar-refractivity contribution >= 4 is 5.97 Å². The molecule has 0 aromatic rings. The number of hydrogen-bond acceptors (Lipinski definition) is 2. The van der Waals surface area contributed by atoms with E-state index >= 15 is 0 Å². The Kier molecular flexibility index (Phi) is 4.34. The summed E-state index contributed by atoms with van der Waals surface area (Å²) in [6.45, 7) is 10.4. The fourth-order valence-electron chi connectivity index (χ4n) is 2.38. The number of methoxy groups -OCH3 is 1. The topological polar surface area (TPSA) is 26.3 Å². The van der Waals surface area contributed by atoms with Crippen LogP contribution < -0.4 is 0 Å². The van der Waals surface area contributed by atoms with Crippen molar-refractivity contribution in [2.45, 2.75) is 40.0 Å². The van der Waals surface area contributed by atoms with Crippen molar-refractivity contribution < 1.29 is 9.53 Å². The predicted octanol–water partition coefficient (Wildman–Crippen LogP) is 3.49. The van der Waals surface area contributed by atoms with Crippen molar-refractivity contribution in [3.05, 3.63) is 23.3 Å². The summed E-state index contributed by atoms with van der Waals surface area (Å²) in [7, 11) is 1.45. The van der Waals surface area contributed by atoms with E-state index in [0.29, 0.717) is 18.3 Å². The molecule has 1 aliphatic rings. The van der Waals surface area contributed by atoms with E-state index in [1.807, 2.05) is 0 Å². The molecule has 0 N–H and O–H groups in total. The predicted molar refractivity (Wildman–Crippen MR) is 66.0 cm³/mol. The molecule has 1 aliphatic carbocycles. The second kappa shape index (κ2) is 5.33. The van der Waals surface area contributed by atoms with Gasteiger partial charge < -0.3 is 4.74 Å². The maximum Gasteiger partial charge on any atom is 0.306 e. The van der Waals surface area contributed by atoms with Crippen LogP contribution in [-0.4, -0.2) is 13.1 Å². The van der Waals surface area contributed by atoms with Gasteiger partial charge >= 0.3 is 5.97 Å². The molecular formula is C14H22O2. The fraction of sp³-hybridized carbons (Fsp3) is 0.643. The lowest BCUT2D eigenvalue weighted by molar-refractivity contribution is -0.141. The molecule has 0 saturated heterocycles. The molecule has 90 valence electrons. The molecule has 0 heterocycles. The second-order valence-corrected chi connectivity index (χ2v) is 4.92. The molecule has 0 aromatic heterocycles. The molecule has 1 unspecified atom stereocenters. The summed E-state index contributed by atoms with van der Waals surface area (Å²) in [4.78, 5) is 11.3. The highest BCUT2D eigenvalue weighted by molar-refractivity contribution is 5.70. The molecule has 0 aromatic carbocycles. The summed E-state index contributed by atoms with van der Waals surface area (Å²) in [6, 6.07) is 0. The van der Waals surface area contributed by atoms with E-state index in [-0.39, 0.29) is 5.97 Å². The Balaban J connectivity index is 2.79. The molecule has 0 bridgehead atoms. The Morgan fingerprint density at radius 3 is 2.62 bits per heavy atom. The third kappa shape index (κ3) is 2.97. The zero-order chi connectivity index (χ0) is 12.3. The lowest BCUT2D eigenvalue weighted by atomic mass is 9.74. The normalized spacial score (nSPS) is 25.5. The maximum atomic E-state index is 11.3. The summed E-state index contributed by atoms with van der Waals surface area (Å²) < 4.78 is 4.75. The molecule has 0 radical (unpaired) electrons. The fourth-order valence-corrected chi connectivity index (χ4v) is 2.38. The Labute approximate surface area is 98.4 Å². The zero-order valence-corrected chi connectivity index (χ0v) is 10.8. The smallest absolute Gasteiger partial charge is 0.306 e. The highest BCUT2D eigenvalue weighted by Gasteiger charge is 2.27. The minimum atomic E-state index is -0.112. The average molecular weight is 222 g/mol. The maximum absolute atomic E-state index is 11.3. The van der Waals surface area contributed by atoms with Gasteiger partial charge in [0.15, 0.2) is 0 Å². The van der Waals surface area contributed by atoms with Crippen molar-refractivity contribution in [1.29, 1.82) is 0 Å². The quantitative estimate of drug-likeness (QED) is 0.539. The first-order chi connectivity index (χ1) is 7.45. The van der Waals surface area contributed by atoms with E-state index in [9.17, 15) is 4.79 Å². The first kappa shape index (κ1) is 13.0. The van der Waals surface area contributed by atoms with Crippen molar-refractivity contribution in [3.63, 3.8) is 0 Å². The Morgan fingerprint density at radius 1 is 1.50 bits per heavy atom. The van der Waals surface area contributed by atoms with Crippen molar-refractivity contribution in [2.75, 3.05) is 7.11 Å². The van der Waals surface area contributed by atoms with Gasteiger partial charge in [0.25, 0.3) is 0 Å². The van der Waals surface area contributed by atoms with Gasteiger partial charge in [-0.25, -0.2) is 0 Å². The number of ether oxygens (including phenoxy) is 1. The van der Waals surface area contributed by atoms with Crippen LogP contribution in [0.4, 0.5) is 0 Å². The lowest BCUT2D eigenvalue weighted by Gasteiger charge is -2.31. The highest BCUT2D eigenvalue weighted by atomic mass is 16.5. The molecule has 0 fully saturated rings. The van der Waals surface area contributed by atoms with Crippen LogP contribution in [0.25, 0.3) is 0 Å². The molecule has 0 amide bonds. The lowest BCUT2D eigenvalue weighted by Crippen LogP contribution is -2.21. The molecule has 2 atom stereocenters.